The Hall–Kier alpha value is 0.150. The molecule has 0 aromatic heterocycles. The molecular formula is C9H16N2S2. The van der Waals surface area contributed by atoms with Crippen LogP contribution in [0.2, 0.25) is 0 Å². The van der Waals surface area contributed by atoms with Crippen LogP contribution in [0.5, 0.6) is 0 Å². The summed E-state index contributed by atoms with van der Waals surface area (Å²) in [6.07, 6.45) is 6.91. The van der Waals surface area contributed by atoms with E-state index in [1.807, 2.05) is 22.1 Å². The lowest BCUT2D eigenvalue weighted by atomic mass is 10.0. The number of rotatable bonds is 4. The fourth-order valence-corrected chi connectivity index (χ4v) is 3.87. The van der Waals surface area contributed by atoms with Crippen LogP contribution < -0.4 is 0 Å². The van der Waals surface area contributed by atoms with Gasteiger partial charge in [0.25, 0.3) is 0 Å². The molecule has 0 saturated heterocycles. The van der Waals surface area contributed by atoms with Crippen LogP contribution in [0.25, 0.3) is 0 Å². The van der Waals surface area contributed by atoms with Gasteiger partial charge in [-0.1, -0.05) is 30.1 Å². The highest BCUT2D eigenvalue weighted by Crippen LogP contribution is 2.36. The quantitative estimate of drug-likeness (QED) is 0.410. The van der Waals surface area contributed by atoms with Gasteiger partial charge < -0.3 is 0 Å². The van der Waals surface area contributed by atoms with Crippen molar-refractivity contribution in [1.29, 1.82) is 5.26 Å². The highest BCUT2D eigenvalue weighted by molar-refractivity contribution is 8.76. The molecule has 1 aliphatic carbocycles. The zero-order chi connectivity index (χ0) is 9.52. The highest BCUT2D eigenvalue weighted by atomic mass is 33.1. The van der Waals surface area contributed by atoms with Gasteiger partial charge in [-0.15, -0.1) is 0 Å². The summed E-state index contributed by atoms with van der Waals surface area (Å²) in [6, 6.07) is 2.15. The van der Waals surface area contributed by atoms with Crippen LogP contribution in [-0.4, -0.2) is 23.1 Å². The Morgan fingerprint density at radius 3 is 2.69 bits per heavy atom. The Morgan fingerprint density at radius 2 is 2.08 bits per heavy atom. The molecular weight excluding hydrogens is 200 g/mol. The van der Waals surface area contributed by atoms with E-state index in [9.17, 15) is 0 Å². The van der Waals surface area contributed by atoms with Gasteiger partial charge >= 0.3 is 0 Å². The van der Waals surface area contributed by atoms with E-state index in [1.165, 1.54) is 32.1 Å². The summed E-state index contributed by atoms with van der Waals surface area (Å²) >= 11 is 0. The van der Waals surface area contributed by atoms with Crippen molar-refractivity contribution in [2.75, 3.05) is 13.6 Å². The van der Waals surface area contributed by atoms with Gasteiger partial charge in [-0.3, -0.25) is 0 Å². The molecule has 0 amide bonds. The van der Waals surface area contributed by atoms with Crippen LogP contribution in [0.1, 0.15) is 32.1 Å². The summed E-state index contributed by atoms with van der Waals surface area (Å²) in [6.45, 7) is 0.518. The topological polar surface area (TPSA) is 27.0 Å². The van der Waals surface area contributed by atoms with Crippen molar-refractivity contribution < 1.29 is 0 Å². The fourth-order valence-electron chi connectivity index (χ4n) is 1.42. The Morgan fingerprint density at radius 1 is 1.38 bits per heavy atom. The minimum atomic E-state index is 0.518. The molecule has 2 nitrogen and oxygen atoms in total. The molecule has 0 unspecified atom stereocenters. The lowest BCUT2D eigenvalue weighted by Crippen LogP contribution is -2.11. The van der Waals surface area contributed by atoms with Gasteiger partial charge in [0, 0.05) is 5.25 Å². The molecule has 1 saturated carbocycles. The van der Waals surface area contributed by atoms with Crippen molar-refractivity contribution >= 4 is 21.8 Å². The Kier molecular flexibility index (Phi) is 5.68. The summed E-state index contributed by atoms with van der Waals surface area (Å²) in [4.78, 5) is 0. The van der Waals surface area contributed by atoms with Crippen molar-refractivity contribution in [2.45, 2.75) is 37.4 Å². The summed E-state index contributed by atoms with van der Waals surface area (Å²) in [7, 11) is 5.65. The lowest BCUT2D eigenvalue weighted by molar-refractivity contribution is 0.517. The van der Waals surface area contributed by atoms with Gasteiger partial charge in [-0.2, -0.15) is 5.26 Å². The first-order chi connectivity index (χ1) is 6.33. The molecule has 1 aliphatic rings. The third kappa shape index (κ3) is 4.80. The van der Waals surface area contributed by atoms with Gasteiger partial charge in [0.2, 0.25) is 0 Å². The Balaban J connectivity index is 2.07. The number of nitrogens with zero attached hydrogens (tertiary/aromatic N) is 2. The second kappa shape index (κ2) is 6.58. The first kappa shape index (κ1) is 11.2. The van der Waals surface area contributed by atoms with Crippen LogP contribution in [0.15, 0.2) is 0 Å². The minimum absolute atomic E-state index is 0.518. The maximum atomic E-state index is 8.46. The van der Waals surface area contributed by atoms with Crippen LogP contribution in [0.4, 0.5) is 0 Å². The van der Waals surface area contributed by atoms with Crippen LogP contribution in [0.3, 0.4) is 0 Å². The fraction of sp³-hybridized carbons (Fsp3) is 0.889. The van der Waals surface area contributed by atoms with E-state index in [0.29, 0.717) is 6.54 Å². The highest BCUT2D eigenvalue weighted by Gasteiger charge is 2.14. The van der Waals surface area contributed by atoms with Crippen molar-refractivity contribution in [3.8, 4) is 6.07 Å². The van der Waals surface area contributed by atoms with E-state index in [4.69, 9.17) is 5.26 Å². The molecule has 1 fully saturated rings. The second-order valence-corrected chi connectivity index (χ2v) is 6.03. The molecule has 0 aromatic carbocycles. The largest absolute Gasteiger partial charge is 0.230 e. The van der Waals surface area contributed by atoms with Gasteiger partial charge in [-0.25, -0.2) is 4.31 Å². The summed E-state index contributed by atoms with van der Waals surface area (Å²) in [5, 5.41) is 9.28. The van der Waals surface area contributed by atoms with Crippen LogP contribution in [0, 0.1) is 11.3 Å². The summed E-state index contributed by atoms with van der Waals surface area (Å²) in [5.41, 5.74) is 0. The normalized spacial score (nSPS) is 18.8. The van der Waals surface area contributed by atoms with E-state index < -0.39 is 0 Å². The average Bonchev–Trinajstić information content (AvgIpc) is 2.17. The second-order valence-electron chi connectivity index (χ2n) is 3.37. The Bertz CT molecular complexity index is 173. The molecule has 4 heteroatoms. The zero-order valence-electron chi connectivity index (χ0n) is 8.03. The molecule has 0 aromatic rings. The molecule has 0 heterocycles. The van der Waals surface area contributed by atoms with E-state index in [1.54, 1.807) is 11.0 Å². The van der Waals surface area contributed by atoms with Crippen LogP contribution >= 0.6 is 21.8 Å². The van der Waals surface area contributed by atoms with Gasteiger partial charge in [0.05, 0.1) is 12.6 Å². The first-order valence-corrected chi connectivity index (χ1v) is 6.91. The average molecular weight is 216 g/mol. The smallest absolute Gasteiger partial charge is 0.0966 e. The number of hydrogen-bond acceptors (Lipinski definition) is 4. The van der Waals surface area contributed by atoms with E-state index in [-0.39, 0.29) is 0 Å². The van der Waals surface area contributed by atoms with Crippen molar-refractivity contribution in [2.24, 2.45) is 0 Å². The molecule has 1 rings (SSSR count). The lowest BCUT2D eigenvalue weighted by Gasteiger charge is -2.21. The molecule has 74 valence electrons. The predicted octanol–water partition coefficient (Wildman–Crippen LogP) is 3.07. The monoisotopic (exact) mass is 216 g/mol. The maximum absolute atomic E-state index is 8.46. The first-order valence-electron chi connectivity index (χ1n) is 4.74. The molecule has 13 heavy (non-hydrogen) atoms. The third-order valence-corrected chi connectivity index (χ3v) is 5.20. The molecule has 0 atom stereocenters. The number of hydrogen-bond donors (Lipinski definition) is 0. The molecule has 0 radical (unpaired) electrons. The van der Waals surface area contributed by atoms with Gasteiger partial charge in [-0.05, 0) is 30.9 Å². The Labute approximate surface area is 88.6 Å². The van der Waals surface area contributed by atoms with Crippen LogP contribution in [-0.2, 0) is 0 Å². The zero-order valence-corrected chi connectivity index (χ0v) is 9.66. The molecule has 0 spiro atoms. The van der Waals surface area contributed by atoms with E-state index >= 15 is 0 Å². The molecule has 0 N–H and O–H groups in total. The number of nitriles is 1. The van der Waals surface area contributed by atoms with E-state index in [2.05, 4.69) is 6.07 Å². The molecule has 0 aliphatic heterocycles. The van der Waals surface area contributed by atoms with Gasteiger partial charge in [0.15, 0.2) is 0 Å². The van der Waals surface area contributed by atoms with Gasteiger partial charge in [0.1, 0.15) is 0 Å². The maximum Gasteiger partial charge on any atom is 0.0966 e. The predicted molar refractivity (Wildman–Crippen MR) is 60.3 cm³/mol. The van der Waals surface area contributed by atoms with Crippen molar-refractivity contribution in [1.82, 2.24) is 4.31 Å². The third-order valence-electron chi connectivity index (χ3n) is 2.15. The summed E-state index contributed by atoms with van der Waals surface area (Å²) < 4.78 is 2.00. The SMILES string of the molecule is CN(CC#N)SSC1CCCCC1. The van der Waals surface area contributed by atoms with E-state index in [0.717, 1.165) is 5.25 Å². The summed E-state index contributed by atoms with van der Waals surface area (Å²) in [5.74, 6) is 0. The molecule has 0 bridgehead atoms. The standard InChI is InChI=1S/C9H16N2S2/c1-11(8-7-10)13-12-9-5-3-2-4-6-9/h9H,2-6,8H2,1H3. The van der Waals surface area contributed by atoms with Crippen molar-refractivity contribution in [3.63, 3.8) is 0 Å². The van der Waals surface area contributed by atoms with Crippen molar-refractivity contribution in [3.05, 3.63) is 0 Å². The minimum Gasteiger partial charge on any atom is -0.230 e.